The van der Waals surface area contributed by atoms with Gasteiger partial charge in [0, 0.05) is 31.9 Å². The summed E-state index contributed by atoms with van der Waals surface area (Å²) in [5.74, 6) is -2.45. The summed E-state index contributed by atoms with van der Waals surface area (Å²) in [6.45, 7) is -2.47. The second-order valence-corrected chi connectivity index (χ2v) is 11.2. The number of fused-ring (bicyclic) bond motifs is 2. The Morgan fingerprint density at radius 2 is 1.86 bits per heavy atom. The van der Waals surface area contributed by atoms with Gasteiger partial charge in [0.05, 0.1) is 24.6 Å². The predicted molar refractivity (Wildman–Crippen MR) is 140 cm³/mol. The van der Waals surface area contributed by atoms with Crippen LogP contribution >= 0.6 is 0 Å². The van der Waals surface area contributed by atoms with Crippen LogP contribution in [0.15, 0.2) is 48.9 Å². The zero-order valence-electron chi connectivity index (χ0n) is 22.8. The van der Waals surface area contributed by atoms with Gasteiger partial charge in [-0.3, -0.25) is 24.2 Å². The number of halogens is 4. The van der Waals surface area contributed by atoms with Crippen molar-refractivity contribution in [2.24, 2.45) is 7.05 Å². The van der Waals surface area contributed by atoms with E-state index in [2.05, 4.69) is 15.4 Å². The fraction of sp³-hybridized carbons (Fsp3) is 0.393. The number of likely N-dealkylation sites (N-methyl/N-ethyl adjacent to an activating group) is 1. The summed E-state index contributed by atoms with van der Waals surface area (Å²) >= 11 is 0. The number of benzene rings is 1. The third-order valence-corrected chi connectivity index (χ3v) is 8.36. The van der Waals surface area contributed by atoms with Crippen molar-refractivity contribution in [3.05, 3.63) is 71.6 Å². The second kappa shape index (κ2) is 9.61. The molecule has 0 bridgehead atoms. The lowest BCUT2D eigenvalue weighted by Gasteiger charge is -2.55. The molecule has 10 nitrogen and oxygen atoms in total. The van der Waals surface area contributed by atoms with Crippen LogP contribution in [-0.2, 0) is 35.1 Å². The van der Waals surface area contributed by atoms with Gasteiger partial charge in [0.25, 0.3) is 5.91 Å². The number of amides is 4. The molecule has 2 aliphatic heterocycles. The first-order chi connectivity index (χ1) is 19.8. The maximum Gasteiger partial charge on any atom is 0.414 e. The van der Waals surface area contributed by atoms with Gasteiger partial charge in [-0.2, -0.15) is 18.3 Å². The van der Waals surface area contributed by atoms with Gasteiger partial charge < -0.3 is 15.1 Å². The number of carbonyl (C=O) groups excluding carboxylic acids is 3. The van der Waals surface area contributed by atoms with Crippen molar-refractivity contribution in [2.75, 3.05) is 26.7 Å². The lowest BCUT2D eigenvalue weighted by atomic mass is 9.86. The second-order valence-electron chi connectivity index (χ2n) is 11.2. The number of likely N-dealkylation sites (tertiary alicyclic amines) is 1. The van der Waals surface area contributed by atoms with Crippen LogP contribution in [0.2, 0.25) is 0 Å². The molecule has 3 aliphatic rings. The molecular formula is C28H27F4N7O3. The average Bonchev–Trinajstić information content (AvgIpc) is 3.58. The highest BCUT2D eigenvalue weighted by atomic mass is 19.4. The third-order valence-electron chi connectivity index (χ3n) is 8.36. The highest BCUT2D eigenvalue weighted by Crippen LogP contribution is 2.45. The number of pyridine rings is 1. The topological polar surface area (TPSA) is 104 Å². The number of rotatable bonds is 6. The van der Waals surface area contributed by atoms with Gasteiger partial charge in [0.2, 0.25) is 5.91 Å². The Bertz CT molecular complexity index is 1580. The maximum absolute atomic E-state index is 14.5. The van der Waals surface area contributed by atoms with Crippen LogP contribution in [0, 0.1) is 5.82 Å². The Hall–Kier alpha value is -4.33. The molecule has 0 unspecified atom stereocenters. The molecule has 2 aromatic heterocycles. The number of imide groups is 1. The lowest BCUT2D eigenvalue weighted by molar-refractivity contribution is -0.268. The summed E-state index contributed by atoms with van der Waals surface area (Å²) in [6, 6.07) is 6.86. The number of aryl methyl sites for hydroxylation is 2. The number of nitrogens with one attached hydrogen (secondary N) is 1. The summed E-state index contributed by atoms with van der Waals surface area (Å²) in [6.07, 6.45) is 0.317. The molecule has 6 rings (SSSR count). The Morgan fingerprint density at radius 3 is 2.48 bits per heavy atom. The lowest BCUT2D eigenvalue weighted by Crippen LogP contribution is -2.77. The van der Waals surface area contributed by atoms with Crippen molar-refractivity contribution in [1.29, 1.82) is 0 Å². The highest BCUT2D eigenvalue weighted by Gasteiger charge is 2.66. The third kappa shape index (κ3) is 4.32. The van der Waals surface area contributed by atoms with Crippen LogP contribution in [0.3, 0.4) is 0 Å². The van der Waals surface area contributed by atoms with E-state index >= 15 is 0 Å². The van der Waals surface area contributed by atoms with Crippen LogP contribution in [0.4, 0.5) is 22.4 Å². The number of hydrogen-bond donors (Lipinski definition) is 1. The Balaban J connectivity index is 1.28. The van der Waals surface area contributed by atoms with Crippen molar-refractivity contribution in [3.8, 4) is 11.1 Å². The zero-order valence-corrected chi connectivity index (χ0v) is 22.8. The molecule has 4 amide bonds. The van der Waals surface area contributed by atoms with Gasteiger partial charge in [0.15, 0.2) is 5.54 Å². The van der Waals surface area contributed by atoms with Gasteiger partial charge in [-0.1, -0.05) is 18.2 Å². The van der Waals surface area contributed by atoms with Crippen LogP contribution < -0.4 is 5.32 Å². The first-order valence-electron chi connectivity index (χ1n) is 13.3. The smallest absolute Gasteiger partial charge is 0.319 e. The molecule has 42 heavy (non-hydrogen) atoms. The first kappa shape index (κ1) is 27.8. The predicted octanol–water partition coefficient (Wildman–Crippen LogP) is 2.59. The van der Waals surface area contributed by atoms with Crippen molar-refractivity contribution in [2.45, 2.75) is 36.6 Å². The van der Waals surface area contributed by atoms with E-state index in [4.69, 9.17) is 0 Å². The van der Waals surface area contributed by atoms with E-state index in [-0.39, 0.29) is 12.1 Å². The first-order valence-corrected chi connectivity index (χ1v) is 13.3. The molecule has 4 heterocycles. The highest BCUT2D eigenvalue weighted by molar-refractivity contribution is 6.10. The van der Waals surface area contributed by atoms with Crippen molar-refractivity contribution in [1.82, 2.24) is 34.8 Å². The monoisotopic (exact) mass is 585 g/mol. The molecule has 1 aromatic carbocycles. The quantitative estimate of drug-likeness (QED) is 0.353. The summed E-state index contributed by atoms with van der Waals surface area (Å²) in [5.41, 5.74) is -0.748. The summed E-state index contributed by atoms with van der Waals surface area (Å²) in [5, 5.41) is 6.90. The van der Waals surface area contributed by atoms with E-state index in [0.29, 0.717) is 21.8 Å². The normalized spacial score (nSPS) is 21.4. The maximum atomic E-state index is 14.5. The van der Waals surface area contributed by atoms with E-state index in [9.17, 15) is 31.9 Å². The Morgan fingerprint density at radius 1 is 1.10 bits per heavy atom. The summed E-state index contributed by atoms with van der Waals surface area (Å²) < 4.78 is 58.5. The molecule has 1 spiro atoms. The Kier molecular flexibility index (Phi) is 6.37. The standard InChI is InChI=1S/C28H27F4N7O3/c1-36-15-26(16-36,28(30,31)32)39(13-21-5-4-20(29)11-33-21)23(40)14-38-24(41)27(35-25(38)42)8-7-18-9-17(3-6-22(18)27)19-10-34-37(2)12-19/h3-6,9-12H,7-8,13-16H2,1-2H3,(H,35,42)/t27-/m0/s1. The SMILES string of the molecule is CN1CC(N(Cc2ccc(F)cn2)C(=O)CN2C(=O)N[C@]3(CCc4cc(-c5cnn(C)c5)ccc43)C2=O)(C(F)(F)F)C1. The van der Waals surface area contributed by atoms with Gasteiger partial charge in [0.1, 0.15) is 17.9 Å². The molecule has 0 saturated carbocycles. The van der Waals surface area contributed by atoms with Crippen LogP contribution in [-0.4, -0.2) is 85.7 Å². The Labute approximate surface area is 237 Å². The fourth-order valence-electron chi connectivity index (χ4n) is 6.26. The number of hydrogen-bond acceptors (Lipinski definition) is 6. The number of nitrogens with zero attached hydrogens (tertiary/aromatic N) is 6. The van der Waals surface area contributed by atoms with Crippen LogP contribution in [0.1, 0.15) is 23.2 Å². The van der Waals surface area contributed by atoms with E-state index < -0.39 is 67.1 Å². The molecule has 3 aromatic rings. The molecular weight excluding hydrogens is 558 g/mol. The number of carbonyl (C=O) groups is 3. The van der Waals surface area contributed by atoms with Crippen molar-refractivity contribution in [3.63, 3.8) is 0 Å². The molecule has 14 heteroatoms. The van der Waals surface area contributed by atoms with Crippen molar-refractivity contribution >= 4 is 17.8 Å². The molecule has 220 valence electrons. The molecule has 2 saturated heterocycles. The molecule has 0 radical (unpaired) electrons. The zero-order chi connectivity index (χ0) is 30.0. The van der Waals surface area contributed by atoms with E-state index in [1.807, 2.05) is 18.3 Å². The number of aromatic nitrogens is 3. The number of urea groups is 1. The minimum atomic E-state index is -4.82. The van der Waals surface area contributed by atoms with Crippen LogP contribution in [0.25, 0.3) is 11.1 Å². The summed E-state index contributed by atoms with van der Waals surface area (Å²) in [4.78, 5) is 47.0. The van der Waals surface area contributed by atoms with E-state index in [1.54, 1.807) is 24.0 Å². The van der Waals surface area contributed by atoms with Gasteiger partial charge in [-0.05, 0) is 48.7 Å². The fourth-order valence-corrected chi connectivity index (χ4v) is 6.26. The molecule has 1 N–H and O–H groups in total. The molecule has 1 atom stereocenters. The van der Waals surface area contributed by atoms with Gasteiger partial charge >= 0.3 is 12.2 Å². The molecule has 2 fully saturated rings. The van der Waals surface area contributed by atoms with Gasteiger partial charge in [-0.25, -0.2) is 9.18 Å². The minimum absolute atomic E-state index is 0.0331. The minimum Gasteiger partial charge on any atom is -0.319 e. The van der Waals surface area contributed by atoms with E-state index in [0.717, 1.165) is 29.0 Å². The van der Waals surface area contributed by atoms with E-state index in [1.165, 1.54) is 18.0 Å². The van der Waals surface area contributed by atoms with Crippen LogP contribution in [0.5, 0.6) is 0 Å². The largest absolute Gasteiger partial charge is 0.414 e. The number of alkyl halides is 3. The average molecular weight is 586 g/mol. The molecule has 1 aliphatic carbocycles. The summed E-state index contributed by atoms with van der Waals surface area (Å²) in [7, 11) is 3.28. The van der Waals surface area contributed by atoms with Crippen molar-refractivity contribution < 1.29 is 31.9 Å². The van der Waals surface area contributed by atoms with Gasteiger partial charge in [-0.15, -0.1) is 0 Å².